The Balaban J connectivity index is 1.19. The number of aromatic nitrogens is 4. The van der Waals surface area contributed by atoms with Crippen molar-refractivity contribution in [1.29, 1.82) is 0 Å². The average molecular weight is 431 g/mol. The molecule has 3 aromatic heterocycles. The zero-order valence-corrected chi connectivity index (χ0v) is 18.3. The van der Waals surface area contributed by atoms with Gasteiger partial charge >= 0.3 is 0 Å². The van der Waals surface area contributed by atoms with Gasteiger partial charge in [-0.3, -0.25) is 4.79 Å². The minimum absolute atomic E-state index is 0.146. The van der Waals surface area contributed by atoms with E-state index in [-0.39, 0.29) is 11.8 Å². The summed E-state index contributed by atoms with van der Waals surface area (Å²) in [5.74, 6) is 2.41. The Hall–Kier alpha value is -3.68. The second kappa shape index (κ2) is 8.45. The van der Waals surface area contributed by atoms with Crippen LogP contribution in [0, 0.1) is 0 Å². The molecule has 0 aliphatic carbocycles. The van der Waals surface area contributed by atoms with E-state index < -0.39 is 0 Å². The first kappa shape index (κ1) is 20.2. The van der Waals surface area contributed by atoms with Crippen molar-refractivity contribution >= 4 is 22.6 Å². The van der Waals surface area contributed by atoms with Gasteiger partial charge in [-0.25, -0.2) is 4.98 Å². The van der Waals surface area contributed by atoms with Crippen molar-refractivity contribution in [3.05, 3.63) is 60.7 Å². The van der Waals surface area contributed by atoms with Crippen molar-refractivity contribution in [1.82, 2.24) is 24.6 Å². The Labute approximate surface area is 186 Å². The Morgan fingerprint density at radius 3 is 2.59 bits per heavy atom. The fourth-order valence-corrected chi connectivity index (χ4v) is 4.00. The lowest BCUT2D eigenvalue weighted by molar-refractivity contribution is -0.132. The van der Waals surface area contributed by atoms with Gasteiger partial charge in [0.1, 0.15) is 12.4 Å². The first-order chi connectivity index (χ1) is 15.6. The maximum absolute atomic E-state index is 12.9. The quantitative estimate of drug-likeness (QED) is 0.482. The molecule has 32 heavy (non-hydrogen) atoms. The zero-order chi connectivity index (χ0) is 22.1. The van der Waals surface area contributed by atoms with Crippen LogP contribution in [0.4, 0.5) is 5.82 Å². The number of hydrogen-bond donors (Lipinski definition) is 0. The van der Waals surface area contributed by atoms with E-state index in [9.17, 15) is 4.79 Å². The molecular formula is C24H26N6O2. The van der Waals surface area contributed by atoms with Crippen molar-refractivity contribution in [2.75, 3.05) is 31.1 Å². The number of amides is 1. The van der Waals surface area contributed by atoms with Gasteiger partial charge in [-0.15, -0.1) is 0 Å². The van der Waals surface area contributed by atoms with Crippen molar-refractivity contribution in [2.24, 2.45) is 0 Å². The van der Waals surface area contributed by atoms with Gasteiger partial charge in [0.05, 0.1) is 0 Å². The highest BCUT2D eigenvalue weighted by atomic mass is 16.5. The molecule has 1 amide bonds. The molecule has 0 unspecified atom stereocenters. The largest absolute Gasteiger partial charge is 0.353 e. The molecule has 8 heteroatoms. The van der Waals surface area contributed by atoms with Crippen LogP contribution in [0.1, 0.15) is 25.7 Å². The third-order valence-corrected chi connectivity index (χ3v) is 5.88. The summed E-state index contributed by atoms with van der Waals surface area (Å²) in [6.07, 6.45) is 3.76. The van der Waals surface area contributed by atoms with Gasteiger partial charge in [0.2, 0.25) is 17.6 Å². The topological polar surface area (TPSA) is 80.3 Å². The van der Waals surface area contributed by atoms with Gasteiger partial charge in [-0.2, -0.15) is 4.98 Å². The molecule has 0 atom stereocenters. The summed E-state index contributed by atoms with van der Waals surface area (Å²) in [5, 5.41) is 5.20. The fraction of sp³-hybridized carbons (Fsp3) is 0.333. The lowest BCUT2D eigenvalue weighted by Gasteiger charge is -2.35. The molecule has 1 aliphatic rings. The van der Waals surface area contributed by atoms with Crippen LogP contribution in [0.15, 0.2) is 59.4 Å². The summed E-state index contributed by atoms with van der Waals surface area (Å²) in [5.41, 5.74) is 1.92. The first-order valence-electron chi connectivity index (χ1n) is 10.9. The van der Waals surface area contributed by atoms with E-state index in [1.54, 1.807) is 6.20 Å². The lowest BCUT2D eigenvalue weighted by atomic mass is 10.2. The number of rotatable bonds is 5. The molecule has 5 rings (SSSR count). The molecule has 0 saturated carbocycles. The summed E-state index contributed by atoms with van der Waals surface area (Å²) >= 11 is 0. The predicted molar refractivity (Wildman–Crippen MR) is 122 cm³/mol. The number of benzene rings is 1. The van der Waals surface area contributed by atoms with E-state index in [1.807, 2.05) is 65.9 Å². The molecule has 0 N–H and O–H groups in total. The second-order valence-corrected chi connectivity index (χ2v) is 8.39. The molecule has 1 fully saturated rings. The van der Waals surface area contributed by atoms with Crippen molar-refractivity contribution in [3.63, 3.8) is 0 Å². The van der Waals surface area contributed by atoms with Crippen LogP contribution < -0.4 is 4.90 Å². The number of carbonyl (C=O) groups is 1. The van der Waals surface area contributed by atoms with E-state index in [0.717, 1.165) is 35.4 Å². The normalized spacial score (nSPS) is 14.5. The van der Waals surface area contributed by atoms with Crippen LogP contribution in [0.25, 0.3) is 22.3 Å². The number of nitrogens with zero attached hydrogens (tertiary/aromatic N) is 6. The van der Waals surface area contributed by atoms with Crippen LogP contribution in [0.5, 0.6) is 0 Å². The third-order valence-electron chi connectivity index (χ3n) is 5.88. The van der Waals surface area contributed by atoms with Crippen LogP contribution in [0.3, 0.4) is 0 Å². The number of piperazine rings is 1. The number of carbonyl (C=O) groups excluding carboxylic acids is 1. The second-order valence-electron chi connectivity index (χ2n) is 8.39. The summed E-state index contributed by atoms with van der Waals surface area (Å²) in [6.45, 7) is 7.28. The smallest absolute Gasteiger partial charge is 0.242 e. The minimum Gasteiger partial charge on any atom is -0.353 e. The van der Waals surface area contributed by atoms with Crippen molar-refractivity contribution in [2.45, 2.75) is 26.3 Å². The molecule has 4 aromatic rings. The summed E-state index contributed by atoms with van der Waals surface area (Å²) in [6, 6.07) is 14.1. The maximum Gasteiger partial charge on any atom is 0.242 e. The Morgan fingerprint density at radius 2 is 1.88 bits per heavy atom. The molecule has 164 valence electrons. The third kappa shape index (κ3) is 3.95. The summed E-state index contributed by atoms with van der Waals surface area (Å²) in [7, 11) is 0. The minimum atomic E-state index is 0.146. The SMILES string of the molecule is CC(C)c1nc(-c2ccc(N3CCN(C(=O)Cn4ccc5ccccc54)CC3)nc2)no1. The molecule has 1 saturated heterocycles. The van der Waals surface area contributed by atoms with Gasteiger partial charge in [0.15, 0.2) is 0 Å². The van der Waals surface area contributed by atoms with Gasteiger partial charge in [0.25, 0.3) is 0 Å². The van der Waals surface area contributed by atoms with Gasteiger partial charge < -0.3 is 18.9 Å². The maximum atomic E-state index is 12.9. The number of pyridine rings is 1. The van der Waals surface area contributed by atoms with Crippen LogP contribution >= 0.6 is 0 Å². The fourth-order valence-electron chi connectivity index (χ4n) is 4.00. The molecule has 1 aliphatic heterocycles. The first-order valence-corrected chi connectivity index (χ1v) is 10.9. The van der Waals surface area contributed by atoms with Crippen molar-refractivity contribution < 1.29 is 9.32 Å². The molecule has 1 aromatic carbocycles. The molecule has 4 heterocycles. The van der Waals surface area contributed by atoms with Gasteiger partial charge in [-0.1, -0.05) is 37.2 Å². The highest BCUT2D eigenvalue weighted by Crippen LogP contribution is 2.22. The summed E-state index contributed by atoms with van der Waals surface area (Å²) < 4.78 is 7.30. The number of para-hydroxylation sites is 1. The Kier molecular flexibility index (Phi) is 5.34. The monoisotopic (exact) mass is 430 g/mol. The number of anilines is 1. The zero-order valence-electron chi connectivity index (χ0n) is 18.3. The van der Waals surface area contributed by atoms with Gasteiger partial charge in [0, 0.05) is 55.6 Å². The number of hydrogen-bond acceptors (Lipinski definition) is 6. The molecular weight excluding hydrogens is 404 g/mol. The molecule has 8 nitrogen and oxygen atoms in total. The lowest BCUT2D eigenvalue weighted by Crippen LogP contribution is -2.49. The summed E-state index contributed by atoms with van der Waals surface area (Å²) in [4.78, 5) is 26.0. The average Bonchev–Trinajstić information content (AvgIpc) is 3.48. The van der Waals surface area contributed by atoms with Crippen LogP contribution in [0.2, 0.25) is 0 Å². The highest BCUT2D eigenvalue weighted by molar-refractivity contribution is 5.83. The standard InChI is InChI=1S/C24H26N6O2/c1-17(2)24-26-23(27-32-24)19-7-8-21(25-15-19)28-11-13-29(14-12-28)22(31)16-30-10-9-18-5-3-4-6-20(18)30/h3-10,15,17H,11-14,16H2,1-2H3. The van der Waals surface area contributed by atoms with E-state index in [2.05, 4.69) is 26.1 Å². The van der Waals surface area contributed by atoms with Crippen LogP contribution in [-0.4, -0.2) is 56.7 Å². The molecule has 0 spiro atoms. The Morgan fingerprint density at radius 1 is 1.06 bits per heavy atom. The molecule has 0 bridgehead atoms. The predicted octanol–water partition coefficient (Wildman–Crippen LogP) is 3.56. The van der Waals surface area contributed by atoms with E-state index in [4.69, 9.17) is 4.52 Å². The number of fused-ring (bicyclic) bond motifs is 1. The van der Waals surface area contributed by atoms with E-state index in [0.29, 0.717) is 31.3 Å². The highest BCUT2D eigenvalue weighted by Gasteiger charge is 2.22. The molecule has 0 radical (unpaired) electrons. The Bertz CT molecular complexity index is 1220. The van der Waals surface area contributed by atoms with E-state index >= 15 is 0 Å². The van der Waals surface area contributed by atoms with Crippen molar-refractivity contribution in [3.8, 4) is 11.4 Å². The van der Waals surface area contributed by atoms with Gasteiger partial charge in [-0.05, 0) is 29.7 Å². The van der Waals surface area contributed by atoms with Crippen LogP contribution in [-0.2, 0) is 11.3 Å². The van der Waals surface area contributed by atoms with E-state index in [1.165, 1.54) is 0 Å².